The molecular formula is C21H26N2O2S. The van der Waals surface area contributed by atoms with Crippen LogP contribution >= 0.6 is 11.8 Å². The van der Waals surface area contributed by atoms with E-state index in [4.69, 9.17) is 4.74 Å². The number of nitrogens with zero attached hydrogens (tertiary/aromatic N) is 1. The maximum absolute atomic E-state index is 12.3. The molecule has 1 aliphatic heterocycles. The number of hydrogen-bond donors (Lipinski definition) is 1. The lowest BCUT2D eigenvalue weighted by molar-refractivity contribution is -0.118. The third-order valence-electron chi connectivity index (χ3n) is 4.69. The van der Waals surface area contributed by atoms with Crippen LogP contribution in [0.5, 0.6) is 5.75 Å². The van der Waals surface area contributed by atoms with E-state index in [9.17, 15) is 4.79 Å². The van der Waals surface area contributed by atoms with Crippen LogP contribution < -0.4 is 10.1 Å². The highest BCUT2D eigenvalue weighted by Crippen LogP contribution is 2.31. The summed E-state index contributed by atoms with van der Waals surface area (Å²) in [4.78, 5) is 15.9. The van der Waals surface area contributed by atoms with E-state index in [0.717, 1.165) is 29.3 Å². The molecule has 3 rings (SSSR count). The number of hydrogen-bond acceptors (Lipinski definition) is 4. The number of carbonyl (C=O) groups excluding carboxylic acids is 1. The van der Waals surface area contributed by atoms with E-state index in [1.54, 1.807) is 18.9 Å². The van der Waals surface area contributed by atoms with E-state index >= 15 is 0 Å². The fourth-order valence-corrected chi connectivity index (χ4v) is 4.11. The molecule has 0 aliphatic carbocycles. The number of para-hydroxylation sites is 1. The molecule has 0 radical (unpaired) electrons. The predicted octanol–water partition coefficient (Wildman–Crippen LogP) is 3.74. The second kappa shape index (κ2) is 9.64. The highest BCUT2D eigenvalue weighted by Gasteiger charge is 2.26. The van der Waals surface area contributed by atoms with Crippen molar-refractivity contribution in [1.82, 2.24) is 10.2 Å². The number of carbonyl (C=O) groups is 1. The summed E-state index contributed by atoms with van der Waals surface area (Å²) in [7, 11) is 1.70. The molecule has 2 aromatic rings. The number of benzene rings is 2. The van der Waals surface area contributed by atoms with Crippen LogP contribution in [-0.4, -0.2) is 43.3 Å². The van der Waals surface area contributed by atoms with Crippen LogP contribution in [0.1, 0.15) is 24.4 Å². The zero-order chi connectivity index (χ0) is 18.2. The molecule has 0 spiro atoms. The minimum absolute atomic E-state index is 0.0675. The van der Waals surface area contributed by atoms with Crippen molar-refractivity contribution >= 4 is 17.7 Å². The van der Waals surface area contributed by atoms with Crippen molar-refractivity contribution in [2.24, 2.45) is 0 Å². The van der Waals surface area contributed by atoms with Gasteiger partial charge in [0.2, 0.25) is 5.91 Å². The van der Waals surface area contributed by atoms with Gasteiger partial charge in [0.15, 0.2) is 0 Å². The van der Waals surface area contributed by atoms with Gasteiger partial charge < -0.3 is 10.1 Å². The Kier molecular flexibility index (Phi) is 6.97. The second-order valence-corrected chi connectivity index (χ2v) is 7.46. The topological polar surface area (TPSA) is 41.6 Å². The molecule has 5 heteroatoms. The highest BCUT2D eigenvalue weighted by atomic mass is 32.2. The normalized spacial score (nSPS) is 15.6. The zero-order valence-electron chi connectivity index (χ0n) is 15.2. The molecule has 1 aliphatic rings. The van der Waals surface area contributed by atoms with Crippen LogP contribution in [-0.2, 0) is 4.79 Å². The van der Waals surface area contributed by atoms with Gasteiger partial charge in [0.1, 0.15) is 5.75 Å². The summed E-state index contributed by atoms with van der Waals surface area (Å²) < 4.78 is 5.55. The van der Waals surface area contributed by atoms with Gasteiger partial charge in [-0.15, -0.1) is 11.8 Å². The Morgan fingerprint density at radius 3 is 2.54 bits per heavy atom. The van der Waals surface area contributed by atoms with E-state index in [2.05, 4.69) is 16.3 Å². The average Bonchev–Trinajstić information content (AvgIpc) is 3.22. The molecule has 1 unspecified atom stereocenters. The van der Waals surface area contributed by atoms with Crippen molar-refractivity contribution in [2.75, 3.05) is 32.5 Å². The van der Waals surface area contributed by atoms with Crippen LogP contribution in [0.2, 0.25) is 0 Å². The summed E-state index contributed by atoms with van der Waals surface area (Å²) in [6.07, 6.45) is 2.42. The van der Waals surface area contributed by atoms with E-state index in [-0.39, 0.29) is 11.9 Å². The largest absolute Gasteiger partial charge is 0.496 e. The first-order valence-electron chi connectivity index (χ1n) is 9.09. The van der Waals surface area contributed by atoms with Crippen molar-refractivity contribution in [3.63, 3.8) is 0 Å². The van der Waals surface area contributed by atoms with Crippen molar-refractivity contribution < 1.29 is 9.53 Å². The number of methoxy groups -OCH3 is 1. The van der Waals surface area contributed by atoms with Gasteiger partial charge >= 0.3 is 0 Å². The molecule has 0 aromatic heterocycles. The maximum atomic E-state index is 12.3. The summed E-state index contributed by atoms with van der Waals surface area (Å²) in [5, 5.41) is 3.12. The Bertz CT molecular complexity index is 702. The molecule has 0 saturated carbocycles. The molecule has 26 heavy (non-hydrogen) atoms. The zero-order valence-corrected chi connectivity index (χ0v) is 16.0. The number of nitrogens with one attached hydrogen (secondary N) is 1. The van der Waals surface area contributed by atoms with Gasteiger partial charge in [-0.3, -0.25) is 9.69 Å². The molecule has 1 amide bonds. The summed E-state index contributed by atoms with van der Waals surface area (Å²) in [6.45, 7) is 2.74. The van der Waals surface area contributed by atoms with Gasteiger partial charge in [0.25, 0.3) is 0 Å². The Hall–Kier alpha value is -1.98. The van der Waals surface area contributed by atoms with Gasteiger partial charge in [0, 0.05) is 17.0 Å². The molecule has 1 atom stereocenters. The quantitative estimate of drug-likeness (QED) is 0.719. The molecule has 138 valence electrons. The number of amides is 1. The van der Waals surface area contributed by atoms with Crippen molar-refractivity contribution in [3.05, 3.63) is 60.2 Å². The second-order valence-electron chi connectivity index (χ2n) is 6.41. The lowest BCUT2D eigenvalue weighted by Gasteiger charge is -2.29. The summed E-state index contributed by atoms with van der Waals surface area (Å²) in [6, 6.07) is 18.3. The van der Waals surface area contributed by atoms with Gasteiger partial charge in [-0.2, -0.15) is 0 Å². The first-order chi connectivity index (χ1) is 12.8. The fraction of sp³-hybridized carbons (Fsp3) is 0.381. The minimum Gasteiger partial charge on any atom is -0.496 e. The maximum Gasteiger partial charge on any atom is 0.230 e. The van der Waals surface area contributed by atoms with E-state index < -0.39 is 0 Å². The SMILES string of the molecule is COc1ccccc1C(CNC(=O)CSc1ccccc1)N1CCCC1. The van der Waals surface area contributed by atoms with E-state index in [0.29, 0.717) is 12.3 Å². The highest BCUT2D eigenvalue weighted by molar-refractivity contribution is 8.00. The van der Waals surface area contributed by atoms with E-state index in [1.807, 2.05) is 48.5 Å². The molecular weight excluding hydrogens is 344 g/mol. The Balaban J connectivity index is 1.61. The van der Waals surface area contributed by atoms with Gasteiger partial charge in [-0.25, -0.2) is 0 Å². The molecule has 1 fully saturated rings. The van der Waals surface area contributed by atoms with Gasteiger partial charge in [-0.1, -0.05) is 36.4 Å². The predicted molar refractivity (Wildman–Crippen MR) is 107 cm³/mol. The third kappa shape index (κ3) is 5.02. The smallest absolute Gasteiger partial charge is 0.230 e. The van der Waals surface area contributed by atoms with Crippen LogP contribution in [0.25, 0.3) is 0 Å². The lowest BCUT2D eigenvalue weighted by Crippen LogP contribution is -2.37. The van der Waals surface area contributed by atoms with Gasteiger partial charge in [0.05, 0.1) is 18.9 Å². The van der Waals surface area contributed by atoms with E-state index in [1.165, 1.54) is 12.8 Å². The average molecular weight is 371 g/mol. The summed E-state index contributed by atoms with van der Waals surface area (Å²) in [5.74, 6) is 1.39. The molecule has 2 aromatic carbocycles. The minimum atomic E-state index is 0.0675. The summed E-state index contributed by atoms with van der Waals surface area (Å²) >= 11 is 1.57. The number of rotatable bonds is 8. The molecule has 1 N–H and O–H groups in total. The van der Waals surface area contributed by atoms with Crippen molar-refractivity contribution in [1.29, 1.82) is 0 Å². The fourth-order valence-electron chi connectivity index (χ4n) is 3.36. The van der Waals surface area contributed by atoms with Crippen molar-refractivity contribution in [3.8, 4) is 5.75 Å². The van der Waals surface area contributed by atoms with Gasteiger partial charge in [-0.05, 0) is 44.1 Å². The van der Waals surface area contributed by atoms with Crippen LogP contribution in [0.15, 0.2) is 59.5 Å². The first kappa shape index (κ1) is 18.8. The van der Waals surface area contributed by atoms with Crippen LogP contribution in [0.4, 0.5) is 0 Å². The lowest BCUT2D eigenvalue weighted by atomic mass is 10.0. The Labute approximate surface area is 159 Å². The first-order valence-corrected chi connectivity index (χ1v) is 10.1. The molecule has 1 heterocycles. The number of ether oxygens (including phenoxy) is 1. The molecule has 1 saturated heterocycles. The van der Waals surface area contributed by atoms with Crippen LogP contribution in [0.3, 0.4) is 0 Å². The number of likely N-dealkylation sites (tertiary alicyclic amines) is 1. The number of thioether (sulfide) groups is 1. The van der Waals surface area contributed by atoms with Crippen LogP contribution in [0, 0.1) is 0 Å². The summed E-state index contributed by atoms with van der Waals surface area (Å²) in [5.41, 5.74) is 1.15. The monoisotopic (exact) mass is 370 g/mol. The molecule has 0 bridgehead atoms. The standard InChI is InChI=1S/C21H26N2O2S/c1-25-20-12-6-5-11-18(20)19(23-13-7-8-14-23)15-22-21(24)16-26-17-9-3-2-4-10-17/h2-6,9-12,19H,7-8,13-16H2,1H3,(H,22,24). The Morgan fingerprint density at radius 2 is 1.81 bits per heavy atom. The molecule has 4 nitrogen and oxygen atoms in total. The Morgan fingerprint density at radius 1 is 1.12 bits per heavy atom. The third-order valence-corrected chi connectivity index (χ3v) is 5.70. The van der Waals surface area contributed by atoms with Crippen molar-refractivity contribution in [2.45, 2.75) is 23.8 Å².